The zero-order valence-corrected chi connectivity index (χ0v) is 13.8. The van der Waals surface area contributed by atoms with E-state index in [1.165, 1.54) is 7.11 Å². The molecule has 0 fully saturated rings. The Kier molecular flexibility index (Phi) is 8.75. The van der Waals surface area contributed by atoms with Crippen LogP contribution in [0.4, 0.5) is 0 Å². The summed E-state index contributed by atoms with van der Waals surface area (Å²) in [5.74, 6) is -0.307. The maximum absolute atomic E-state index is 11.7. The van der Waals surface area contributed by atoms with E-state index in [1.54, 1.807) is 0 Å². The molecule has 0 aromatic heterocycles. The number of rotatable bonds is 11. The van der Waals surface area contributed by atoms with E-state index in [4.69, 9.17) is 18.7 Å². The first kappa shape index (κ1) is 18.8. The summed E-state index contributed by atoms with van der Waals surface area (Å²) < 4.78 is 21.4. The first-order valence-corrected chi connectivity index (χ1v) is 10.2. The van der Waals surface area contributed by atoms with Crippen molar-refractivity contribution in [3.63, 3.8) is 0 Å². The zero-order valence-electron chi connectivity index (χ0n) is 12.9. The third-order valence-electron chi connectivity index (χ3n) is 2.95. The number of methoxy groups -OCH3 is 1. The number of carbonyl (C=O) groups is 1. The Morgan fingerprint density at radius 1 is 1.00 bits per heavy atom. The van der Waals surface area contributed by atoms with Gasteiger partial charge in [-0.25, -0.2) is 0 Å². The summed E-state index contributed by atoms with van der Waals surface area (Å²) >= 11 is 0. The van der Waals surface area contributed by atoms with Gasteiger partial charge in [-0.2, -0.15) is 0 Å². The molecule has 0 heterocycles. The van der Waals surface area contributed by atoms with Crippen LogP contribution in [0.5, 0.6) is 0 Å². The fraction of sp³-hybridized carbons (Fsp3) is 0.923. The Hall–Kier alpha value is -0.220. The Morgan fingerprint density at radius 3 is 1.84 bits per heavy atom. The molecule has 0 radical (unpaired) electrons. The van der Waals surface area contributed by atoms with Crippen molar-refractivity contribution in [1.82, 2.24) is 0 Å². The second-order valence-corrected chi connectivity index (χ2v) is 11.5. The summed E-state index contributed by atoms with van der Waals surface area (Å²) in [6.45, 7) is 7.98. The van der Waals surface area contributed by atoms with Crippen LogP contribution in [0.15, 0.2) is 0 Å². The summed E-state index contributed by atoms with van der Waals surface area (Å²) in [7, 11) is 1.49. The van der Waals surface area contributed by atoms with Crippen molar-refractivity contribution in [3.05, 3.63) is 0 Å². The van der Waals surface area contributed by atoms with Crippen molar-refractivity contribution >= 4 is 12.8 Å². The van der Waals surface area contributed by atoms with Crippen molar-refractivity contribution in [1.29, 1.82) is 0 Å². The van der Waals surface area contributed by atoms with Gasteiger partial charge in [0.2, 0.25) is 0 Å². The normalized spacial score (nSPS) is 13.8. The van der Waals surface area contributed by atoms with E-state index in [1.807, 2.05) is 13.8 Å². The Labute approximate surface area is 116 Å². The molecule has 5 nitrogen and oxygen atoms in total. The monoisotopic (exact) mass is 296 g/mol. The molecular formula is C13H29O5P. The Morgan fingerprint density at radius 2 is 1.47 bits per heavy atom. The molecule has 0 aliphatic rings. The fourth-order valence-corrected chi connectivity index (χ4v) is 4.23. The standard InChI is InChI=1S/C13H29O5P/c1-6-16-8-10-19(4,5,11-9-17-7-2)18-13(14)12-15-3/h6-12H2,1-5H3. The van der Waals surface area contributed by atoms with Gasteiger partial charge in [-0.3, -0.25) is 0 Å². The van der Waals surface area contributed by atoms with Crippen LogP contribution >= 0.6 is 6.83 Å². The first-order chi connectivity index (χ1) is 8.86. The molecule has 19 heavy (non-hydrogen) atoms. The molecule has 0 bridgehead atoms. The number of hydrogen-bond acceptors (Lipinski definition) is 5. The van der Waals surface area contributed by atoms with E-state index in [9.17, 15) is 4.79 Å². The summed E-state index contributed by atoms with van der Waals surface area (Å²) in [6.07, 6.45) is 1.50. The summed E-state index contributed by atoms with van der Waals surface area (Å²) in [4.78, 5) is 11.7. The van der Waals surface area contributed by atoms with Crippen molar-refractivity contribution in [2.24, 2.45) is 0 Å². The van der Waals surface area contributed by atoms with Crippen LogP contribution in [-0.4, -0.2) is 71.8 Å². The van der Waals surface area contributed by atoms with E-state index in [0.29, 0.717) is 26.4 Å². The topological polar surface area (TPSA) is 54.0 Å². The quantitative estimate of drug-likeness (QED) is 0.431. The summed E-state index contributed by atoms with van der Waals surface area (Å²) in [5, 5.41) is 0. The molecule has 0 amide bonds. The minimum atomic E-state index is -2.58. The Bertz CT molecular complexity index is 254. The molecule has 0 saturated carbocycles. The molecule has 0 aromatic rings. The maximum atomic E-state index is 11.7. The minimum absolute atomic E-state index is 0.0111. The molecule has 0 rings (SSSR count). The van der Waals surface area contributed by atoms with Crippen molar-refractivity contribution < 1.29 is 23.5 Å². The fourth-order valence-electron chi connectivity index (χ4n) is 1.68. The number of carbonyl (C=O) groups excluding carboxylic acids is 1. The van der Waals surface area contributed by atoms with Gasteiger partial charge >= 0.3 is 116 Å². The van der Waals surface area contributed by atoms with Gasteiger partial charge < -0.3 is 0 Å². The third kappa shape index (κ3) is 8.53. The number of ether oxygens (including phenoxy) is 3. The molecule has 0 spiro atoms. The predicted molar refractivity (Wildman–Crippen MR) is 79.5 cm³/mol. The molecule has 6 heteroatoms. The van der Waals surface area contributed by atoms with Crippen LogP contribution in [-0.2, 0) is 23.5 Å². The van der Waals surface area contributed by atoms with Crippen LogP contribution in [0.1, 0.15) is 13.8 Å². The molecule has 116 valence electrons. The second kappa shape index (κ2) is 8.85. The van der Waals surface area contributed by atoms with Crippen molar-refractivity contribution in [2.45, 2.75) is 13.8 Å². The van der Waals surface area contributed by atoms with E-state index < -0.39 is 6.83 Å². The molecule has 0 saturated heterocycles. The Balaban J connectivity index is 4.61. The van der Waals surface area contributed by atoms with Crippen molar-refractivity contribution in [3.8, 4) is 0 Å². The van der Waals surface area contributed by atoms with Crippen LogP contribution < -0.4 is 0 Å². The third-order valence-corrected chi connectivity index (χ3v) is 6.93. The predicted octanol–water partition coefficient (Wildman–Crippen LogP) is 1.98. The first-order valence-electron chi connectivity index (χ1n) is 6.74. The van der Waals surface area contributed by atoms with Crippen molar-refractivity contribution in [2.75, 3.05) is 65.8 Å². The zero-order chi connectivity index (χ0) is 14.8. The molecule has 0 unspecified atom stereocenters. The van der Waals surface area contributed by atoms with Crippen LogP contribution in [0.25, 0.3) is 0 Å². The summed E-state index contributed by atoms with van der Waals surface area (Å²) in [6, 6.07) is 0. The van der Waals surface area contributed by atoms with Gasteiger partial charge in [-0.05, 0) is 0 Å². The van der Waals surface area contributed by atoms with Crippen LogP contribution in [0, 0.1) is 0 Å². The number of hydrogen-bond donors (Lipinski definition) is 0. The SMILES string of the molecule is CCOCCP(C)(C)(CCOCC)OC(=O)COC. The van der Waals surface area contributed by atoms with Gasteiger partial charge in [0.1, 0.15) is 0 Å². The van der Waals surface area contributed by atoms with E-state index in [-0.39, 0.29) is 12.6 Å². The van der Waals surface area contributed by atoms with E-state index >= 15 is 0 Å². The molecule has 0 aliphatic heterocycles. The average Bonchev–Trinajstić information content (AvgIpc) is 2.29. The van der Waals surface area contributed by atoms with E-state index in [0.717, 1.165) is 12.3 Å². The van der Waals surface area contributed by atoms with Gasteiger partial charge in [-0.15, -0.1) is 0 Å². The van der Waals surface area contributed by atoms with Gasteiger partial charge in [0.15, 0.2) is 0 Å². The van der Waals surface area contributed by atoms with Crippen LogP contribution in [0.3, 0.4) is 0 Å². The van der Waals surface area contributed by atoms with Gasteiger partial charge in [0.05, 0.1) is 0 Å². The average molecular weight is 296 g/mol. The second-order valence-electron chi connectivity index (χ2n) is 5.30. The van der Waals surface area contributed by atoms with Crippen LogP contribution in [0.2, 0.25) is 0 Å². The molecule has 0 N–H and O–H groups in total. The molecule has 0 aliphatic carbocycles. The van der Waals surface area contributed by atoms with Gasteiger partial charge in [0.25, 0.3) is 0 Å². The molecule has 0 aromatic carbocycles. The van der Waals surface area contributed by atoms with Gasteiger partial charge in [-0.1, -0.05) is 0 Å². The van der Waals surface area contributed by atoms with Gasteiger partial charge in [0, 0.05) is 0 Å². The molecule has 0 atom stereocenters. The summed E-state index contributed by atoms with van der Waals surface area (Å²) in [5.41, 5.74) is 0. The van der Waals surface area contributed by atoms with E-state index in [2.05, 4.69) is 13.3 Å². The molecular weight excluding hydrogens is 267 g/mol.